The highest BCUT2D eigenvalue weighted by molar-refractivity contribution is 5.94. The minimum absolute atomic E-state index is 0. The number of nitrogens with one attached hydrogen (secondary N) is 2. The Kier molecular flexibility index (Phi) is 6.97. The number of amides is 2. The molecule has 0 aliphatic carbocycles. The molecular formula is C21H27ClN6O3. The number of rotatable bonds is 3. The zero-order valence-electron chi connectivity index (χ0n) is 17.5. The molecular weight excluding hydrogens is 420 g/mol. The first-order valence-corrected chi connectivity index (χ1v) is 10.2. The molecule has 3 heterocycles. The van der Waals surface area contributed by atoms with E-state index in [1.165, 1.54) is 6.92 Å². The van der Waals surface area contributed by atoms with Crippen LogP contribution >= 0.6 is 12.4 Å². The molecule has 166 valence electrons. The highest BCUT2D eigenvalue weighted by atomic mass is 35.5. The Labute approximate surface area is 187 Å². The fraction of sp³-hybridized carbons (Fsp3) is 0.429. The normalized spacial score (nSPS) is 20.5. The average Bonchev–Trinajstić information content (AvgIpc) is 2.73. The van der Waals surface area contributed by atoms with Crippen molar-refractivity contribution in [2.24, 2.45) is 0 Å². The monoisotopic (exact) mass is 446 g/mol. The van der Waals surface area contributed by atoms with E-state index in [9.17, 15) is 14.7 Å². The molecule has 0 unspecified atom stereocenters. The van der Waals surface area contributed by atoms with Crippen LogP contribution in [-0.4, -0.2) is 59.3 Å². The summed E-state index contributed by atoms with van der Waals surface area (Å²) in [6.07, 6.45) is 2.94. The standard InChI is InChI=1S/C21H26N6O3.ClH/c1-13-9-17(25-21(29)30)16-10-15(3-4-19(16)27(13)14(2)28)18-11-24-20(12-23-18)26-7-5-22-6-8-26;/h3-4,10-13,17,22,25H,5-9H2,1-2H3,(H,29,30);1H/t13-,17+;/m0./s1. The molecule has 3 N–H and O–H groups in total. The van der Waals surface area contributed by atoms with Crippen LogP contribution in [0.4, 0.5) is 16.3 Å². The van der Waals surface area contributed by atoms with Crippen molar-refractivity contribution in [2.75, 3.05) is 36.0 Å². The van der Waals surface area contributed by atoms with Gasteiger partial charge in [-0.25, -0.2) is 9.78 Å². The van der Waals surface area contributed by atoms with E-state index in [-0.39, 0.29) is 24.4 Å². The van der Waals surface area contributed by atoms with Gasteiger partial charge in [0.15, 0.2) is 0 Å². The van der Waals surface area contributed by atoms with Crippen molar-refractivity contribution in [1.29, 1.82) is 0 Å². The number of piperazine rings is 1. The molecule has 0 spiro atoms. The fourth-order valence-corrected chi connectivity index (χ4v) is 4.32. The number of carboxylic acid groups (broad SMARTS) is 1. The van der Waals surface area contributed by atoms with E-state index in [1.54, 1.807) is 17.3 Å². The lowest BCUT2D eigenvalue weighted by molar-refractivity contribution is -0.117. The topological polar surface area (TPSA) is 111 Å². The third-order valence-electron chi connectivity index (χ3n) is 5.69. The van der Waals surface area contributed by atoms with Gasteiger partial charge >= 0.3 is 6.09 Å². The number of fused-ring (bicyclic) bond motifs is 1. The second-order valence-corrected chi connectivity index (χ2v) is 7.75. The Morgan fingerprint density at radius 2 is 1.94 bits per heavy atom. The molecule has 2 aliphatic heterocycles. The summed E-state index contributed by atoms with van der Waals surface area (Å²) in [5.41, 5.74) is 3.05. The summed E-state index contributed by atoms with van der Waals surface area (Å²) in [6.45, 7) is 7.10. The third-order valence-corrected chi connectivity index (χ3v) is 5.69. The van der Waals surface area contributed by atoms with Crippen molar-refractivity contribution >= 4 is 35.9 Å². The summed E-state index contributed by atoms with van der Waals surface area (Å²) in [6, 6.07) is 5.18. The van der Waals surface area contributed by atoms with Crippen molar-refractivity contribution in [3.8, 4) is 11.3 Å². The number of hydrogen-bond donors (Lipinski definition) is 3. The Bertz CT molecular complexity index is 949. The summed E-state index contributed by atoms with van der Waals surface area (Å²) in [4.78, 5) is 36.6. The zero-order chi connectivity index (χ0) is 21.3. The molecule has 0 radical (unpaired) electrons. The molecule has 2 aromatic rings. The van der Waals surface area contributed by atoms with Crippen LogP contribution in [0, 0.1) is 0 Å². The van der Waals surface area contributed by atoms with Crippen molar-refractivity contribution in [2.45, 2.75) is 32.4 Å². The smallest absolute Gasteiger partial charge is 0.405 e. The van der Waals surface area contributed by atoms with E-state index in [0.29, 0.717) is 12.1 Å². The highest BCUT2D eigenvalue weighted by Gasteiger charge is 2.33. The van der Waals surface area contributed by atoms with E-state index in [1.807, 2.05) is 25.1 Å². The molecule has 0 bridgehead atoms. The molecule has 2 aliphatic rings. The number of halogens is 1. The first-order chi connectivity index (χ1) is 14.4. The van der Waals surface area contributed by atoms with Gasteiger partial charge in [-0.2, -0.15) is 0 Å². The summed E-state index contributed by atoms with van der Waals surface area (Å²) in [7, 11) is 0. The molecule has 1 fully saturated rings. The van der Waals surface area contributed by atoms with E-state index < -0.39 is 12.1 Å². The maximum atomic E-state index is 12.2. The average molecular weight is 447 g/mol. The second kappa shape index (κ2) is 9.49. The lowest BCUT2D eigenvalue weighted by atomic mass is 9.90. The summed E-state index contributed by atoms with van der Waals surface area (Å²) in [5, 5.41) is 15.2. The number of carbonyl (C=O) groups excluding carboxylic acids is 1. The van der Waals surface area contributed by atoms with Crippen molar-refractivity contribution in [3.05, 3.63) is 36.2 Å². The van der Waals surface area contributed by atoms with Gasteiger partial charge in [-0.05, 0) is 31.0 Å². The summed E-state index contributed by atoms with van der Waals surface area (Å²) >= 11 is 0. The van der Waals surface area contributed by atoms with Gasteiger partial charge in [0, 0.05) is 50.4 Å². The maximum absolute atomic E-state index is 12.2. The molecule has 10 heteroatoms. The maximum Gasteiger partial charge on any atom is 0.405 e. The first-order valence-electron chi connectivity index (χ1n) is 10.2. The molecule has 2 atom stereocenters. The van der Waals surface area contributed by atoms with E-state index in [0.717, 1.165) is 48.8 Å². The lowest BCUT2D eigenvalue weighted by Gasteiger charge is -2.39. The van der Waals surface area contributed by atoms with Crippen LogP contribution in [0.25, 0.3) is 11.3 Å². The molecule has 1 aromatic heterocycles. The van der Waals surface area contributed by atoms with Crippen molar-refractivity contribution < 1.29 is 14.7 Å². The number of hydrogen-bond acceptors (Lipinski definition) is 6. The van der Waals surface area contributed by atoms with Gasteiger partial charge in [0.25, 0.3) is 0 Å². The molecule has 1 saturated heterocycles. The quantitative estimate of drug-likeness (QED) is 0.664. The Morgan fingerprint density at radius 3 is 2.55 bits per heavy atom. The van der Waals surface area contributed by atoms with Gasteiger partial charge in [0.1, 0.15) is 5.82 Å². The van der Waals surface area contributed by atoms with Crippen LogP contribution in [0.15, 0.2) is 30.6 Å². The summed E-state index contributed by atoms with van der Waals surface area (Å²) < 4.78 is 0. The zero-order valence-corrected chi connectivity index (χ0v) is 18.4. The van der Waals surface area contributed by atoms with Gasteiger partial charge in [-0.1, -0.05) is 6.07 Å². The molecule has 1 aromatic carbocycles. The number of nitrogens with zero attached hydrogens (tertiary/aromatic N) is 4. The van der Waals surface area contributed by atoms with Gasteiger partial charge in [0.05, 0.1) is 24.1 Å². The van der Waals surface area contributed by atoms with Gasteiger partial charge < -0.3 is 25.5 Å². The lowest BCUT2D eigenvalue weighted by Crippen LogP contribution is -2.45. The van der Waals surface area contributed by atoms with Gasteiger partial charge in [-0.3, -0.25) is 9.78 Å². The molecule has 4 rings (SSSR count). The van der Waals surface area contributed by atoms with Crippen LogP contribution < -0.4 is 20.4 Å². The predicted molar refractivity (Wildman–Crippen MR) is 121 cm³/mol. The Balaban J connectivity index is 0.00000272. The van der Waals surface area contributed by atoms with E-state index in [2.05, 4.69) is 25.5 Å². The Morgan fingerprint density at radius 1 is 1.19 bits per heavy atom. The third kappa shape index (κ3) is 4.72. The largest absolute Gasteiger partial charge is 0.465 e. The number of benzene rings is 1. The van der Waals surface area contributed by atoms with Crippen LogP contribution in [0.2, 0.25) is 0 Å². The fourth-order valence-electron chi connectivity index (χ4n) is 4.32. The molecule has 9 nitrogen and oxygen atoms in total. The SMILES string of the molecule is CC(=O)N1c2ccc(-c3cnc(N4CCNCC4)cn3)cc2[C@H](NC(=O)O)C[C@@H]1C.Cl. The van der Waals surface area contributed by atoms with Gasteiger partial charge in [0.2, 0.25) is 5.91 Å². The Hall–Kier alpha value is -2.91. The minimum Gasteiger partial charge on any atom is -0.465 e. The number of aromatic nitrogens is 2. The summed E-state index contributed by atoms with van der Waals surface area (Å²) in [5.74, 6) is 0.783. The van der Waals surface area contributed by atoms with Crippen LogP contribution in [0.3, 0.4) is 0 Å². The van der Waals surface area contributed by atoms with Gasteiger partial charge in [-0.15, -0.1) is 12.4 Å². The van der Waals surface area contributed by atoms with Crippen molar-refractivity contribution in [3.63, 3.8) is 0 Å². The molecule has 0 saturated carbocycles. The minimum atomic E-state index is -1.08. The van der Waals surface area contributed by atoms with Crippen LogP contribution in [0.5, 0.6) is 0 Å². The second-order valence-electron chi connectivity index (χ2n) is 7.75. The first kappa shape index (κ1) is 22.8. The molecule has 2 amide bonds. The highest BCUT2D eigenvalue weighted by Crippen LogP contribution is 2.39. The molecule has 31 heavy (non-hydrogen) atoms. The van der Waals surface area contributed by atoms with E-state index in [4.69, 9.17) is 0 Å². The number of anilines is 2. The van der Waals surface area contributed by atoms with Crippen LogP contribution in [0.1, 0.15) is 31.9 Å². The predicted octanol–water partition coefficient (Wildman–Crippen LogP) is 2.43. The van der Waals surface area contributed by atoms with Crippen molar-refractivity contribution in [1.82, 2.24) is 20.6 Å². The van der Waals surface area contributed by atoms with E-state index >= 15 is 0 Å². The number of carbonyl (C=O) groups is 2. The van der Waals surface area contributed by atoms with Crippen LogP contribution in [-0.2, 0) is 4.79 Å².